The van der Waals surface area contributed by atoms with Crippen molar-refractivity contribution in [2.45, 2.75) is 207 Å². The lowest BCUT2D eigenvalue weighted by Gasteiger charge is -2.18. The molecule has 0 saturated heterocycles. The summed E-state index contributed by atoms with van der Waals surface area (Å²) < 4.78 is 16.6. The third-order valence-electron chi connectivity index (χ3n) is 9.10. The van der Waals surface area contributed by atoms with Crippen LogP contribution < -0.4 is 0 Å². The Balaban J connectivity index is 4.41. The number of hydrogen-bond donors (Lipinski definition) is 0. The van der Waals surface area contributed by atoms with Crippen LogP contribution in [0.4, 0.5) is 0 Å². The summed E-state index contributed by atoms with van der Waals surface area (Å²) in [5.41, 5.74) is 0. The van der Waals surface area contributed by atoms with Crippen molar-refractivity contribution in [2.75, 3.05) is 13.2 Å². The highest BCUT2D eigenvalue weighted by Crippen LogP contribution is 2.13. The molecular weight excluding hydrogens is 661 g/mol. The summed E-state index contributed by atoms with van der Waals surface area (Å²) in [6, 6.07) is 0. The topological polar surface area (TPSA) is 78.9 Å². The van der Waals surface area contributed by atoms with Gasteiger partial charge in [0.1, 0.15) is 13.2 Å². The third kappa shape index (κ3) is 40.1. The molecule has 6 nitrogen and oxygen atoms in total. The van der Waals surface area contributed by atoms with Gasteiger partial charge in [-0.25, -0.2) is 0 Å². The highest BCUT2D eigenvalue weighted by atomic mass is 16.6. The van der Waals surface area contributed by atoms with Gasteiger partial charge in [0, 0.05) is 19.3 Å². The highest BCUT2D eigenvalue weighted by Gasteiger charge is 2.19. The van der Waals surface area contributed by atoms with Gasteiger partial charge in [-0.1, -0.05) is 184 Å². The van der Waals surface area contributed by atoms with Crippen LogP contribution >= 0.6 is 0 Å². The molecule has 0 aromatic heterocycles. The predicted octanol–water partition coefficient (Wildman–Crippen LogP) is 13.7. The van der Waals surface area contributed by atoms with Crippen molar-refractivity contribution in [2.24, 2.45) is 0 Å². The van der Waals surface area contributed by atoms with E-state index < -0.39 is 6.10 Å². The second-order valence-electron chi connectivity index (χ2n) is 14.3. The van der Waals surface area contributed by atoms with E-state index in [-0.39, 0.29) is 31.1 Å². The zero-order valence-corrected chi connectivity index (χ0v) is 34.5. The smallest absolute Gasteiger partial charge is 0.306 e. The molecule has 0 saturated carbocycles. The molecule has 6 heteroatoms. The molecule has 0 aliphatic heterocycles. The van der Waals surface area contributed by atoms with Gasteiger partial charge in [-0.3, -0.25) is 14.4 Å². The van der Waals surface area contributed by atoms with Gasteiger partial charge < -0.3 is 14.2 Å². The molecule has 1 atom stereocenters. The van der Waals surface area contributed by atoms with Crippen LogP contribution in [0.2, 0.25) is 0 Å². The van der Waals surface area contributed by atoms with Crippen LogP contribution in [0.15, 0.2) is 60.8 Å². The van der Waals surface area contributed by atoms with E-state index in [1.54, 1.807) is 0 Å². The molecule has 0 aromatic rings. The van der Waals surface area contributed by atoms with Crippen molar-refractivity contribution >= 4 is 17.9 Å². The predicted molar refractivity (Wildman–Crippen MR) is 224 cm³/mol. The molecule has 0 spiro atoms. The quantitative estimate of drug-likeness (QED) is 0.0206. The molecule has 0 N–H and O–H groups in total. The Morgan fingerprint density at radius 3 is 1.26 bits per heavy atom. The SMILES string of the molecule is CC\C=C/C=C\C=C/C=C\CCCCCCCC(=O)OCC(COC(=O)CCCCCCCCCCC)OC(=O)CCCCCCC/C=C\CCCC. The molecule has 0 heterocycles. The average Bonchev–Trinajstić information content (AvgIpc) is 3.15. The first kappa shape index (κ1) is 50.1. The Morgan fingerprint density at radius 2 is 0.774 bits per heavy atom. The van der Waals surface area contributed by atoms with E-state index in [9.17, 15) is 14.4 Å². The van der Waals surface area contributed by atoms with Gasteiger partial charge in [-0.05, 0) is 57.8 Å². The second-order valence-corrected chi connectivity index (χ2v) is 14.3. The van der Waals surface area contributed by atoms with Crippen LogP contribution in [0.1, 0.15) is 201 Å². The maximum atomic E-state index is 12.7. The van der Waals surface area contributed by atoms with Crippen molar-refractivity contribution in [1.29, 1.82) is 0 Å². The number of esters is 3. The summed E-state index contributed by atoms with van der Waals surface area (Å²) >= 11 is 0. The zero-order chi connectivity index (χ0) is 38.7. The van der Waals surface area contributed by atoms with E-state index in [2.05, 4.69) is 57.2 Å². The number of unbranched alkanes of at least 4 members (excludes halogenated alkanes) is 20. The van der Waals surface area contributed by atoms with Crippen molar-refractivity contribution in [3.05, 3.63) is 60.8 Å². The van der Waals surface area contributed by atoms with Crippen LogP contribution in [0, 0.1) is 0 Å². The molecular formula is C47H80O6. The number of carbonyl (C=O) groups excluding carboxylic acids is 3. The lowest BCUT2D eigenvalue weighted by molar-refractivity contribution is -0.167. The maximum Gasteiger partial charge on any atom is 0.306 e. The molecule has 0 aliphatic carbocycles. The Kier molecular flexibility index (Phi) is 39.6. The molecule has 0 amide bonds. The Morgan fingerprint density at radius 1 is 0.396 bits per heavy atom. The molecule has 53 heavy (non-hydrogen) atoms. The molecule has 1 unspecified atom stereocenters. The van der Waals surface area contributed by atoms with Crippen LogP contribution in [-0.4, -0.2) is 37.2 Å². The lowest BCUT2D eigenvalue weighted by Crippen LogP contribution is -2.30. The van der Waals surface area contributed by atoms with Gasteiger partial charge >= 0.3 is 17.9 Å². The summed E-state index contributed by atoms with van der Waals surface area (Å²) in [5, 5.41) is 0. The fourth-order valence-electron chi connectivity index (χ4n) is 5.78. The maximum absolute atomic E-state index is 12.7. The molecule has 304 valence electrons. The minimum atomic E-state index is -0.783. The molecule has 0 aliphatic rings. The van der Waals surface area contributed by atoms with Gasteiger partial charge in [0.15, 0.2) is 6.10 Å². The number of rotatable bonds is 38. The largest absolute Gasteiger partial charge is 0.462 e. The summed E-state index contributed by atoms with van der Waals surface area (Å²) in [6.45, 7) is 6.39. The monoisotopic (exact) mass is 741 g/mol. The van der Waals surface area contributed by atoms with Crippen molar-refractivity contribution in [3.8, 4) is 0 Å². The van der Waals surface area contributed by atoms with Crippen LogP contribution in [0.5, 0.6) is 0 Å². The van der Waals surface area contributed by atoms with E-state index in [1.165, 1.54) is 64.2 Å². The highest BCUT2D eigenvalue weighted by molar-refractivity contribution is 5.71. The van der Waals surface area contributed by atoms with Gasteiger partial charge in [0.25, 0.3) is 0 Å². The van der Waals surface area contributed by atoms with Crippen molar-refractivity contribution in [1.82, 2.24) is 0 Å². The molecule has 0 bridgehead atoms. The van der Waals surface area contributed by atoms with E-state index in [0.717, 1.165) is 96.3 Å². The number of allylic oxidation sites excluding steroid dienone is 10. The normalized spacial score (nSPS) is 12.6. The molecule has 0 radical (unpaired) electrons. The second kappa shape index (κ2) is 41.9. The number of ether oxygens (including phenoxy) is 3. The first-order valence-corrected chi connectivity index (χ1v) is 21.8. The van der Waals surface area contributed by atoms with Gasteiger partial charge in [0.05, 0.1) is 0 Å². The standard InChI is InChI=1S/C47H80O6/c1-4-7-10-13-16-19-21-22-23-24-26-28-31-34-37-40-46(49)52-43-44(42-51-45(48)39-36-33-30-27-18-15-12-9-6-3)53-47(50)41-38-35-32-29-25-20-17-14-11-8-5-2/h7,10,13-14,16-17,19,21-23,44H,4-6,8-9,11-12,15,18,20,24-43H2,1-3H3/b10-7-,16-13-,17-14-,21-19-,23-22-. The van der Waals surface area contributed by atoms with E-state index in [1.807, 2.05) is 24.3 Å². The number of carbonyl (C=O) groups is 3. The lowest BCUT2D eigenvalue weighted by atomic mass is 10.1. The van der Waals surface area contributed by atoms with Gasteiger partial charge in [-0.15, -0.1) is 0 Å². The molecule has 0 fully saturated rings. The van der Waals surface area contributed by atoms with Gasteiger partial charge in [-0.2, -0.15) is 0 Å². The summed E-state index contributed by atoms with van der Waals surface area (Å²) in [4.78, 5) is 37.6. The fourth-order valence-corrected chi connectivity index (χ4v) is 5.78. The summed E-state index contributed by atoms with van der Waals surface area (Å²) in [5.74, 6) is -0.927. The Labute approximate surface area is 326 Å². The van der Waals surface area contributed by atoms with Crippen LogP contribution in [0.3, 0.4) is 0 Å². The minimum absolute atomic E-state index is 0.0850. The molecule has 0 rings (SSSR count). The van der Waals surface area contributed by atoms with Crippen molar-refractivity contribution < 1.29 is 28.6 Å². The Hall–Kier alpha value is -2.89. The third-order valence-corrected chi connectivity index (χ3v) is 9.10. The minimum Gasteiger partial charge on any atom is -0.462 e. The number of hydrogen-bond acceptors (Lipinski definition) is 6. The van der Waals surface area contributed by atoms with E-state index in [0.29, 0.717) is 19.3 Å². The first-order chi connectivity index (χ1) is 26.0. The fraction of sp³-hybridized carbons (Fsp3) is 0.723. The van der Waals surface area contributed by atoms with Crippen LogP contribution in [0.25, 0.3) is 0 Å². The molecule has 0 aromatic carbocycles. The zero-order valence-electron chi connectivity index (χ0n) is 34.5. The van der Waals surface area contributed by atoms with Crippen LogP contribution in [-0.2, 0) is 28.6 Å². The Bertz CT molecular complexity index is 991. The van der Waals surface area contributed by atoms with E-state index in [4.69, 9.17) is 14.2 Å². The van der Waals surface area contributed by atoms with E-state index >= 15 is 0 Å². The average molecular weight is 741 g/mol. The summed E-state index contributed by atoms with van der Waals surface area (Å²) in [7, 11) is 0. The first-order valence-electron chi connectivity index (χ1n) is 21.8. The summed E-state index contributed by atoms with van der Waals surface area (Å²) in [6.07, 6.45) is 49.1. The van der Waals surface area contributed by atoms with Crippen molar-refractivity contribution in [3.63, 3.8) is 0 Å². The van der Waals surface area contributed by atoms with Gasteiger partial charge in [0.2, 0.25) is 0 Å².